The molecule has 94 valence electrons. The van der Waals surface area contributed by atoms with Crippen molar-refractivity contribution in [3.63, 3.8) is 0 Å². The Balaban J connectivity index is 2.28. The molecule has 0 bridgehead atoms. The van der Waals surface area contributed by atoms with E-state index in [0.717, 1.165) is 23.7 Å². The van der Waals surface area contributed by atoms with Crippen LogP contribution in [0.3, 0.4) is 0 Å². The lowest BCUT2D eigenvalue weighted by Gasteiger charge is -2.44. The van der Waals surface area contributed by atoms with Gasteiger partial charge in [0, 0.05) is 35.4 Å². The Bertz CT molecular complexity index is 415. The van der Waals surface area contributed by atoms with Gasteiger partial charge in [-0.3, -0.25) is 0 Å². The molecule has 1 heterocycles. The molecule has 1 fully saturated rings. The third-order valence-corrected chi connectivity index (χ3v) is 3.87. The highest BCUT2D eigenvalue weighted by molar-refractivity contribution is 6.31. The molecule has 0 amide bonds. The Hall–Kier alpha value is -0.730. The van der Waals surface area contributed by atoms with E-state index in [0.29, 0.717) is 6.04 Å². The van der Waals surface area contributed by atoms with E-state index in [1.807, 2.05) is 6.92 Å². The van der Waals surface area contributed by atoms with Crippen LogP contribution >= 0.6 is 11.6 Å². The first-order valence-corrected chi connectivity index (χ1v) is 6.55. The van der Waals surface area contributed by atoms with Gasteiger partial charge in [-0.25, -0.2) is 0 Å². The summed E-state index contributed by atoms with van der Waals surface area (Å²) in [6.45, 7) is 10.8. The summed E-state index contributed by atoms with van der Waals surface area (Å²) in [6, 6.07) is 6.84. The van der Waals surface area contributed by atoms with Gasteiger partial charge in [-0.05, 0) is 45.4 Å². The summed E-state index contributed by atoms with van der Waals surface area (Å²) in [6.07, 6.45) is 0. The zero-order valence-corrected chi connectivity index (χ0v) is 11.8. The van der Waals surface area contributed by atoms with Crippen molar-refractivity contribution in [2.45, 2.75) is 39.3 Å². The molecule has 1 atom stereocenters. The van der Waals surface area contributed by atoms with Crippen LogP contribution in [0.1, 0.15) is 26.3 Å². The SMILES string of the molecule is Cc1ccc(N2CC(C)(C)NCC2C)cc1Cl. The zero-order chi connectivity index (χ0) is 12.6. The molecule has 1 N–H and O–H groups in total. The molecule has 1 aliphatic heterocycles. The maximum absolute atomic E-state index is 6.21. The van der Waals surface area contributed by atoms with Gasteiger partial charge in [0.2, 0.25) is 0 Å². The average molecular weight is 253 g/mol. The lowest BCUT2D eigenvalue weighted by atomic mass is 9.98. The van der Waals surface area contributed by atoms with Crippen LogP contribution in [0.4, 0.5) is 5.69 Å². The molecule has 1 unspecified atom stereocenters. The highest BCUT2D eigenvalue weighted by Gasteiger charge is 2.30. The van der Waals surface area contributed by atoms with Crippen molar-refractivity contribution < 1.29 is 0 Å². The van der Waals surface area contributed by atoms with Crippen molar-refractivity contribution in [2.24, 2.45) is 0 Å². The van der Waals surface area contributed by atoms with E-state index >= 15 is 0 Å². The van der Waals surface area contributed by atoms with Crippen LogP contribution in [-0.2, 0) is 0 Å². The molecular formula is C14H21ClN2. The third-order valence-electron chi connectivity index (χ3n) is 3.46. The number of aryl methyl sites for hydroxylation is 1. The number of nitrogens with zero attached hydrogens (tertiary/aromatic N) is 1. The first-order valence-electron chi connectivity index (χ1n) is 6.17. The van der Waals surface area contributed by atoms with Crippen molar-refractivity contribution in [2.75, 3.05) is 18.0 Å². The van der Waals surface area contributed by atoms with Crippen molar-refractivity contribution >= 4 is 17.3 Å². The van der Waals surface area contributed by atoms with Crippen LogP contribution in [-0.4, -0.2) is 24.7 Å². The van der Waals surface area contributed by atoms with Gasteiger partial charge < -0.3 is 10.2 Å². The minimum Gasteiger partial charge on any atom is -0.366 e. The molecule has 3 heteroatoms. The summed E-state index contributed by atoms with van der Waals surface area (Å²) in [7, 11) is 0. The Morgan fingerprint density at radius 1 is 1.41 bits per heavy atom. The second-order valence-electron chi connectivity index (χ2n) is 5.68. The molecule has 0 aromatic heterocycles. The summed E-state index contributed by atoms with van der Waals surface area (Å²) in [5.74, 6) is 0. The van der Waals surface area contributed by atoms with Crippen molar-refractivity contribution in [3.8, 4) is 0 Å². The van der Waals surface area contributed by atoms with Gasteiger partial charge in [-0.15, -0.1) is 0 Å². The number of anilines is 1. The predicted molar refractivity (Wildman–Crippen MR) is 75.1 cm³/mol. The van der Waals surface area contributed by atoms with E-state index in [2.05, 4.69) is 49.2 Å². The fraction of sp³-hybridized carbons (Fsp3) is 0.571. The minimum absolute atomic E-state index is 0.157. The lowest BCUT2D eigenvalue weighted by Crippen LogP contribution is -2.61. The molecule has 1 saturated heterocycles. The summed E-state index contributed by atoms with van der Waals surface area (Å²) < 4.78 is 0. The van der Waals surface area contributed by atoms with E-state index in [1.165, 1.54) is 5.69 Å². The second-order valence-corrected chi connectivity index (χ2v) is 6.08. The fourth-order valence-electron chi connectivity index (χ4n) is 2.28. The maximum Gasteiger partial charge on any atom is 0.0455 e. The number of piperazine rings is 1. The summed E-state index contributed by atoms with van der Waals surface area (Å²) in [5, 5.41) is 4.41. The van der Waals surface area contributed by atoms with Gasteiger partial charge in [0.05, 0.1) is 0 Å². The smallest absolute Gasteiger partial charge is 0.0455 e. The molecule has 2 rings (SSSR count). The normalized spacial score (nSPS) is 23.8. The molecule has 0 saturated carbocycles. The van der Waals surface area contributed by atoms with Crippen LogP contribution in [0.25, 0.3) is 0 Å². The van der Waals surface area contributed by atoms with Crippen LogP contribution in [0.2, 0.25) is 5.02 Å². The lowest BCUT2D eigenvalue weighted by molar-refractivity contribution is 0.318. The van der Waals surface area contributed by atoms with E-state index in [-0.39, 0.29) is 5.54 Å². The number of hydrogen-bond acceptors (Lipinski definition) is 2. The number of benzene rings is 1. The standard InChI is InChI=1S/C14H21ClN2/c1-10-5-6-12(7-13(10)15)17-9-14(3,4)16-8-11(17)2/h5-7,11,16H,8-9H2,1-4H3. The summed E-state index contributed by atoms with van der Waals surface area (Å²) >= 11 is 6.21. The van der Waals surface area contributed by atoms with Gasteiger partial charge in [0.15, 0.2) is 0 Å². The Morgan fingerprint density at radius 2 is 2.12 bits per heavy atom. The predicted octanol–water partition coefficient (Wildman–Crippen LogP) is 3.23. The Morgan fingerprint density at radius 3 is 2.76 bits per heavy atom. The number of rotatable bonds is 1. The number of nitrogens with one attached hydrogen (secondary N) is 1. The molecular weight excluding hydrogens is 232 g/mol. The number of halogens is 1. The minimum atomic E-state index is 0.157. The third kappa shape index (κ3) is 2.75. The van der Waals surface area contributed by atoms with Gasteiger partial charge in [-0.2, -0.15) is 0 Å². The summed E-state index contributed by atoms with van der Waals surface area (Å²) in [4.78, 5) is 2.43. The highest BCUT2D eigenvalue weighted by Crippen LogP contribution is 2.27. The molecule has 1 aromatic rings. The van der Waals surface area contributed by atoms with E-state index in [1.54, 1.807) is 0 Å². The quantitative estimate of drug-likeness (QED) is 0.826. The van der Waals surface area contributed by atoms with Crippen molar-refractivity contribution in [1.29, 1.82) is 0 Å². The number of hydrogen-bond donors (Lipinski definition) is 1. The first-order chi connectivity index (χ1) is 7.89. The zero-order valence-electron chi connectivity index (χ0n) is 11.0. The molecule has 0 spiro atoms. The van der Waals surface area contributed by atoms with E-state index in [9.17, 15) is 0 Å². The highest BCUT2D eigenvalue weighted by atomic mass is 35.5. The van der Waals surface area contributed by atoms with Crippen molar-refractivity contribution in [1.82, 2.24) is 5.32 Å². The Labute approximate surface area is 109 Å². The van der Waals surface area contributed by atoms with Crippen LogP contribution < -0.4 is 10.2 Å². The van der Waals surface area contributed by atoms with Crippen LogP contribution in [0.5, 0.6) is 0 Å². The average Bonchev–Trinajstić information content (AvgIpc) is 2.26. The summed E-state index contributed by atoms with van der Waals surface area (Å²) in [5.41, 5.74) is 2.52. The van der Waals surface area contributed by atoms with Gasteiger partial charge in [0.25, 0.3) is 0 Å². The monoisotopic (exact) mass is 252 g/mol. The largest absolute Gasteiger partial charge is 0.366 e. The van der Waals surface area contributed by atoms with Crippen LogP contribution in [0.15, 0.2) is 18.2 Å². The fourth-order valence-corrected chi connectivity index (χ4v) is 2.45. The topological polar surface area (TPSA) is 15.3 Å². The Kier molecular flexibility index (Phi) is 3.37. The maximum atomic E-state index is 6.21. The van der Waals surface area contributed by atoms with Crippen molar-refractivity contribution in [3.05, 3.63) is 28.8 Å². The molecule has 2 nitrogen and oxygen atoms in total. The van der Waals surface area contributed by atoms with Gasteiger partial charge in [-0.1, -0.05) is 17.7 Å². The van der Waals surface area contributed by atoms with Crippen LogP contribution in [0, 0.1) is 6.92 Å². The molecule has 1 aromatic carbocycles. The van der Waals surface area contributed by atoms with E-state index in [4.69, 9.17) is 11.6 Å². The second kappa shape index (κ2) is 4.51. The van der Waals surface area contributed by atoms with Gasteiger partial charge in [0.1, 0.15) is 0 Å². The molecule has 1 aliphatic rings. The first kappa shape index (κ1) is 12.7. The molecule has 0 radical (unpaired) electrons. The molecule has 17 heavy (non-hydrogen) atoms. The molecule has 0 aliphatic carbocycles. The van der Waals surface area contributed by atoms with Gasteiger partial charge >= 0.3 is 0 Å². The van der Waals surface area contributed by atoms with E-state index < -0.39 is 0 Å².